The molecule has 0 aliphatic heterocycles. The molecule has 0 saturated heterocycles. The Labute approximate surface area is 165 Å². The summed E-state index contributed by atoms with van der Waals surface area (Å²) in [7, 11) is 0. The van der Waals surface area contributed by atoms with Crippen LogP contribution in [-0.2, 0) is 6.42 Å². The van der Waals surface area contributed by atoms with E-state index < -0.39 is 4.92 Å². The molecular formula is C22H25N3O3. The fourth-order valence-corrected chi connectivity index (χ4v) is 1.93. The van der Waals surface area contributed by atoms with Crippen molar-refractivity contribution in [3.63, 3.8) is 0 Å². The van der Waals surface area contributed by atoms with Gasteiger partial charge in [-0.15, -0.1) is 0 Å². The van der Waals surface area contributed by atoms with Crippen LogP contribution in [0.5, 0.6) is 0 Å². The van der Waals surface area contributed by atoms with Gasteiger partial charge in [-0.05, 0) is 43.5 Å². The molecule has 0 bridgehead atoms. The molecule has 0 radical (unpaired) electrons. The standard InChI is InChI=1S/C8H9NO.C8H11N.C6H5NO2/c1-6-3-4-8(7(2)10)9-5-6;1-3-8-5-4-7(2)6-9-8;8-7(9)6-4-2-1-3-5-6/h3-5H,1-2H3;4-6H,3H2,1-2H3;1-5H. The average Bonchev–Trinajstić information content (AvgIpc) is 2.70. The van der Waals surface area contributed by atoms with Gasteiger partial charge >= 0.3 is 0 Å². The van der Waals surface area contributed by atoms with Crippen LogP contribution in [0.2, 0.25) is 0 Å². The van der Waals surface area contributed by atoms with Crippen molar-refractivity contribution in [2.75, 3.05) is 0 Å². The number of rotatable bonds is 3. The number of hydrogen-bond acceptors (Lipinski definition) is 5. The lowest BCUT2D eigenvalue weighted by Crippen LogP contribution is -1.95. The van der Waals surface area contributed by atoms with Gasteiger partial charge in [-0.25, -0.2) is 0 Å². The molecule has 1 aromatic carbocycles. The Morgan fingerprint density at radius 3 is 1.86 bits per heavy atom. The van der Waals surface area contributed by atoms with Crippen LogP contribution in [0.25, 0.3) is 0 Å². The van der Waals surface area contributed by atoms with E-state index in [4.69, 9.17) is 0 Å². The largest absolute Gasteiger partial charge is 0.293 e. The zero-order chi connectivity index (χ0) is 20.9. The molecule has 6 nitrogen and oxygen atoms in total. The van der Waals surface area contributed by atoms with E-state index in [1.54, 1.807) is 30.5 Å². The van der Waals surface area contributed by atoms with E-state index in [0.29, 0.717) is 5.69 Å². The summed E-state index contributed by atoms with van der Waals surface area (Å²) in [5, 5.41) is 10.0. The molecule has 0 aliphatic carbocycles. The van der Waals surface area contributed by atoms with Crippen molar-refractivity contribution < 1.29 is 9.72 Å². The number of carbonyl (C=O) groups excluding carboxylic acids is 1. The monoisotopic (exact) mass is 379 g/mol. The number of hydrogen-bond donors (Lipinski definition) is 0. The van der Waals surface area contributed by atoms with Crippen LogP contribution < -0.4 is 0 Å². The van der Waals surface area contributed by atoms with Crippen LogP contribution in [0.4, 0.5) is 5.69 Å². The molecule has 28 heavy (non-hydrogen) atoms. The molecule has 0 amide bonds. The van der Waals surface area contributed by atoms with Gasteiger partial charge in [0.2, 0.25) is 0 Å². The zero-order valence-electron chi connectivity index (χ0n) is 16.6. The first kappa shape index (κ1) is 22.6. The number of nitro benzene ring substituents is 1. The maximum absolute atomic E-state index is 10.7. The number of carbonyl (C=O) groups is 1. The summed E-state index contributed by atoms with van der Waals surface area (Å²) in [4.78, 5) is 28.4. The van der Waals surface area contributed by atoms with Gasteiger partial charge in [0.1, 0.15) is 5.69 Å². The van der Waals surface area contributed by atoms with E-state index in [-0.39, 0.29) is 11.5 Å². The first-order chi connectivity index (χ1) is 13.3. The maximum Gasteiger partial charge on any atom is 0.269 e. The van der Waals surface area contributed by atoms with E-state index in [0.717, 1.165) is 12.0 Å². The third kappa shape index (κ3) is 8.80. The Bertz CT molecular complexity index is 862. The van der Waals surface area contributed by atoms with Gasteiger partial charge in [0, 0.05) is 37.1 Å². The minimum Gasteiger partial charge on any atom is -0.293 e. The van der Waals surface area contributed by atoms with Crippen molar-refractivity contribution in [1.29, 1.82) is 0 Å². The van der Waals surface area contributed by atoms with Crippen LogP contribution in [0.15, 0.2) is 67.0 Å². The van der Waals surface area contributed by atoms with Crippen molar-refractivity contribution in [1.82, 2.24) is 9.97 Å². The summed E-state index contributed by atoms with van der Waals surface area (Å²) in [6.07, 6.45) is 4.62. The number of nitro groups is 1. The molecule has 0 fully saturated rings. The van der Waals surface area contributed by atoms with E-state index in [9.17, 15) is 14.9 Å². The highest BCUT2D eigenvalue weighted by Crippen LogP contribution is 2.06. The Hall–Kier alpha value is -3.41. The average molecular weight is 379 g/mol. The normalized spacial score (nSPS) is 9.29. The number of non-ortho nitro benzene ring substituents is 1. The number of aryl methyl sites for hydroxylation is 3. The van der Waals surface area contributed by atoms with Crippen molar-refractivity contribution in [3.8, 4) is 0 Å². The second-order valence-electron chi connectivity index (χ2n) is 6.05. The summed E-state index contributed by atoms with van der Waals surface area (Å²) in [5.74, 6) is 0.0139. The van der Waals surface area contributed by atoms with Crippen LogP contribution in [-0.4, -0.2) is 20.7 Å². The summed E-state index contributed by atoms with van der Waals surface area (Å²) >= 11 is 0. The van der Waals surface area contributed by atoms with E-state index in [2.05, 4.69) is 29.0 Å². The van der Waals surface area contributed by atoms with Crippen molar-refractivity contribution >= 4 is 11.5 Å². The molecule has 0 unspecified atom stereocenters. The third-order valence-electron chi connectivity index (χ3n) is 3.57. The fourth-order valence-electron chi connectivity index (χ4n) is 1.93. The molecule has 146 valence electrons. The lowest BCUT2D eigenvalue weighted by atomic mass is 10.2. The predicted octanol–water partition coefficient (Wildman–Crippen LogP) is 5.14. The number of Topliss-reactive ketones (excluding diaryl/α,β-unsaturated/α-hetero) is 1. The minimum absolute atomic E-state index is 0.0139. The van der Waals surface area contributed by atoms with Gasteiger partial charge in [-0.3, -0.25) is 24.9 Å². The fraction of sp³-hybridized carbons (Fsp3) is 0.227. The van der Waals surface area contributed by atoms with Crippen LogP contribution >= 0.6 is 0 Å². The maximum atomic E-state index is 10.7. The zero-order valence-corrected chi connectivity index (χ0v) is 16.6. The molecule has 2 aromatic heterocycles. The van der Waals surface area contributed by atoms with Crippen LogP contribution in [0.3, 0.4) is 0 Å². The highest BCUT2D eigenvalue weighted by molar-refractivity contribution is 5.91. The van der Waals surface area contributed by atoms with Gasteiger partial charge in [0.05, 0.1) is 4.92 Å². The number of benzene rings is 1. The Kier molecular flexibility index (Phi) is 9.75. The summed E-state index contributed by atoms with van der Waals surface area (Å²) in [6, 6.07) is 15.7. The third-order valence-corrected chi connectivity index (χ3v) is 3.57. The van der Waals surface area contributed by atoms with E-state index in [1.807, 2.05) is 26.1 Å². The molecule has 0 spiro atoms. The summed E-state index contributed by atoms with van der Waals surface area (Å²) < 4.78 is 0. The molecule has 0 aliphatic rings. The number of nitrogens with zero attached hydrogens (tertiary/aromatic N) is 3. The molecule has 0 N–H and O–H groups in total. The predicted molar refractivity (Wildman–Crippen MR) is 110 cm³/mol. The second-order valence-corrected chi connectivity index (χ2v) is 6.05. The quantitative estimate of drug-likeness (QED) is 0.357. The van der Waals surface area contributed by atoms with Crippen molar-refractivity contribution in [2.45, 2.75) is 34.1 Å². The van der Waals surface area contributed by atoms with Gasteiger partial charge < -0.3 is 0 Å². The Morgan fingerprint density at radius 1 is 0.929 bits per heavy atom. The Morgan fingerprint density at radius 2 is 1.50 bits per heavy atom. The highest BCUT2D eigenvalue weighted by atomic mass is 16.6. The highest BCUT2D eigenvalue weighted by Gasteiger charge is 1.98. The SMILES string of the molecule is CC(=O)c1ccc(C)cn1.CCc1ccc(C)cn1.O=[N+]([O-])c1ccccc1. The molecule has 0 atom stereocenters. The van der Waals surface area contributed by atoms with Crippen LogP contribution in [0, 0.1) is 24.0 Å². The molecule has 2 heterocycles. The van der Waals surface area contributed by atoms with Gasteiger partial charge in [-0.1, -0.05) is 37.3 Å². The molecule has 6 heteroatoms. The molecular weight excluding hydrogens is 354 g/mol. The first-order valence-electron chi connectivity index (χ1n) is 8.88. The number of pyridine rings is 2. The van der Waals surface area contributed by atoms with Gasteiger partial charge in [0.15, 0.2) is 5.78 Å². The smallest absolute Gasteiger partial charge is 0.269 e. The van der Waals surface area contributed by atoms with Crippen molar-refractivity contribution in [2.24, 2.45) is 0 Å². The molecule has 3 aromatic rings. The van der Waals surface area contributed by atoms with Gasteiger partial charge in [-0.2, -0.15) is 0 Å². The first-order valence-corrected chi connectivity index (χ1v) is 8.88. The number of aromatic nitrogens is 2. The Balaban J connectivity index is 0.000000210. The molecule has 3 rings (SSSR count). The topological polar surface area (TPSA) is 86.0 Å². The van der Waals surface area contributed by atoms with E-state index in [1.165, 1.54) is 30.3 Å². The van der Waals surface area contributed by atoms with Crippen LogP contribution in [0.1, 0.15) is 41.2 Å². The van der Waals surface area contributed by atoms with Gasteiger partial charge in [0.25, 0.3) is 5.69 Å². The van der Waals surface area contributed by atoms with E-state index >= 15 is 0 Å². The minimum atomic E-state index is -0.417. The number of para-hydroxylation sites is 1. The lowest BCUT2D eigenvalue weighted by molar-refractivity contribution is -0.384. The second kappa shape index (κ2) is 12.1. The van der Waals surface area contributed by atoms with Crippen molar-refractivity contribution in [3.05, 3.63) is 99.6 Å². The summed E-state index contributed by atoms with van der Waals surface area (Å²) in [6.45, 7) is 7.61. The lowest BCUT2D eigenvalue weighted by Gasteiger charge is -1.93. The number of ketones is 1. The molecule has 0 saturated carbocycles. The summed E-state index contributed by atoms with van der Waals surface area (Å²) in [5.41, 5.74) is 4.14.